The minimum absolute atomic E-state index is 0.0753. The summed E-state index contributed by atoms with van der Waals surface area (Å²) in [4.78, 5) is 41.4. The first-order valence-corrected chi connectivity index (χ1v) is 16.9. The molecule has 0 atom stereocenters. The number of hydrogen-bond acceptors (Lipinski definition) is 10. The second-order valence-corrected chi connectivity index (χ2v) is 14.8. The summed E-state index contributed by atoms with van der Waals surface area (Å²) in [6, 6.07) is 21.1. The number of hydrogen-bond donors (Lipinski definition) is 2. The highest BCUT2D eigenvalue weighted by molar-refractivity contribution is 8.18. The molecule has 2 amide bonds. The second kappa shape index (κ2) is 13.3. The van der Waals surface area contributed by atoms with Crippen molar-refractivity contribution in [3.8, 4) is 5.75 Å². The standard InChI is InChI=1S/C32H29N3O7S3/c1-32(2,3)42-28(37)19-41-25-13-10-22-15-21(6-9-23(22)18-25)16-26-30(38)34-31(44-26)33-24-11-7-20(8-12-24)17-27(36)35-45(39,40)29-5-4-14-43-29/h4-16,18H,17,19H2,1-3H3,(H,35,36)(H,33,34,38)/b26-16-. The number of benzene rings is 3. The Morgan fingerprint density at radius 1 is 0.978 bits per heavy atom. The number of ether oxygens (including phenoxy) is 2. The lowest BCUT2D eigenvalue weighted by Crippen LogP contribution is -2.31. The Morgan fingerprint density at radius 2 is 1.71 bits per heavy atom. The smallest absolute Gasteiger partial charge is 0.344 e. The predicted molar refractivity (Wildman–Crippen MR) is 177 cm³/mol. The number of anilines is 1. The van der Waals surface area contributed by atoms with Gasteiger partial charge in [-0.15, -0.1) is 11.3 Å². The highest BCUT2D eigenvalue weighted by atomic mass is 32.2. The molecule has 1 aromatic heterocycles. The van der Waals surface area contributed by atoms with Gasteiger partial charge in [-0.25, -0.2) is 17.9 Å². The lowest BCUT2D eigenvalue weighted by atomic mass is 10.1. The minimum atomic E-state index is -3.88. The lowest BCUT2D eigenvalue weighted by molar-refractivity contribution is -0.157. The van der Waals surface area contributed by atoms with Crippen molar-refractivity contribution in [1.29, 1.82) is 0 Å². The molecule has 3 aromatic carbocycles. The lowest BCUT2D eigenvalue weighted by Gasteiger charge is -2.19. The number of thioether (sulfide) groups is 1. The van der Waals surface area contributed by atoms with E-state index in [9.17, 15) is 22.8 Å². The molecule has 0 bridgehead atoms. The van der Waals surface area contributed by atoms with Gasteiger partial charge >= 0.3 is 5.97 Å². The third kappa shape index (κ3) is 8.81. The maximum atomic E-state index is 12.6. The van der Waals surface area contributed by atoms with E-state index in [1.54, 1.807) is 68.6 Å². The van der Waals surface area contributed by atoms with Crippen LogP contribution in [0.15, 0.2) is 92.3 Å². The number of carbonyl (C=O) groups is 3. The maximum Gasteiger partial charge on any atom is 0.344 e. The van der Waals surface area contributed by atoms with Crippen LogP contribution in [0.5, 0.6) is 5.75 Å². The van der Waals surface area contributed by atoms with Crippen molar-refractivity contribution in [3.63, 3.8) is 0 Å². The third-order valence-electron chi connectivity index (χ3n) is 6.11. The van der Waals surface area contributed by atoms with Gasteiger partial charge in [-0.05, 0) is 102 Å². The highest BCUT2D eigenvalue weighted by Crippen LogP contribution is 2.31. The number of nitrogens with zero attached hydrogens (tertiary/aromatic N) is 1. The molecule has 4 aromatic rings. The summed E-state index contributed by atoms with van der Waals surface area (Å²) < 4.78 is 37.5. The predicted octanol–water partition coefficient (Wildman–Crippen LogP) is 5.75. The number of esters is 1. The number of rotatable bonds is 9. The van der Waals surface area contributed by atoms with Crippen LogP contribution in [-0.2, 0) is 35.6 Å². The van der Waals surface area contributed by atoms with Crippen molar-refractivity contribution >= 4 is 78.6 Å². The zero-order valence-electron chi connectivity index (χ0n) is 24.5. The average molecular weight is 664 g/mol. The van der Waals surface area contributed by atoms with E-state index in [0.717, 1.165) is 27.7 Å². The number of sulfonamides is 1. The molecule has 1 aliphatic rings. The molecule has 10 nitrogen and oxygen atoms in total. The van der Waals surface area contributed by atoms with Gasteiger partial charge in [0.15, 0.2) is 11.8 Å². The number of nitrogens with one attached hydrogen (secondary N) is 2. The van der Waals surface area contributed by atoms with Crippen LogP contribution in [0.2, 0.25) is 0 Å². The van der Waals surface area contributed by atoms with Gasteiger partial charge in [-0.1, -0.05) is 36.4 Å². The van der Waals surface area contributed by atoms with Crippen LogP contribution in [0.3, 0.4) is 0 Å². The minimum Gasteiger partial charge on any atom is -0.482 e. The van der Waals surface area contributed by atoms with Crippen molar-refractivity contribution in [2.75, 3.05) is 11.9 Å². The largest absolute Gasteiger partial charge is 0.482 e. The molecule has 13 heteroatoms. The molecule has 2 N–H and O–H groups in total. The van der Waals surface area contributed by atoms with Crippen molar-refractivity contribution in [2.24, 2.45) is 4.99 Å². The average Bonchev–Trinajstić information content (AvgIpc) is 3.63. The number of carbonyl (C=O) groups excluding carboxylic acids is 3. The first kappa shape index (κ1) is 31.9. The molecule has 0 spiro atoms. The molecule has 0 fully saturated rings. The van der Waals surface area contributed by atoms with Gasteiger partial charge < -0.3 is 14.8 Å². The van der Waals surface area contributed by atoms with Gasteiger partial charge in [0, 0.05) is 5.69 Å². The molecule has 0 aliphatic carbocycles. The Labute approximate surface area is 268 Å². The molecular formula is C32H29N3O7S3. The SMILES string of the molecule is CC(C)(C)OC(=O)COc1ccc2cc(/C=C3\SC(Nc4ccc(CC(=O)NS(=O)(=O)c5cccs5)cc4)=NC3=O)ccc2c1. The van der Waals surface area contributed by atoms with Gasteiger partial charge in [0.05, 0.1) is 11.3 Å². The number of amidine groups is 1. The quantitative estimate of drug-likeness (QED) is 0.169. The van der Waals surface area contributed by atoms with E-state index in [-0.39, 0.29) is 23.1 Å². The Morgan fingerprint density at radius 3 is 2.42 bits per heavy atom. The molecule has 45 heavy (non-hydrogen) atoms. The fraction of sp³-hybridized carbons (Fsp3) is 0.188. The summed E-state index contributed by atoms with van der Waals surface area (Å²) in [6.07, 6.45) is 1.65. The summed E-state index contributed by atoms with van der Waals surface area (Å²) in [5, 5.41) is 6.98. The van der Waals surface area contributed by atoms with E-state index in [1.807, 2.05) is 30.3 Å². The van der Waals surface area contributed by atoms with Crippen LogP contribution in [0, 0.1) is 0 Å². The Kier molecular flexibility index (Phi) is 9.42. The van der Waals surface area contributed by atoms with Crippen molar-refractivity contribution in [1.82, 2.24) is 4.72 Å². The van der Waals surface area contributed by atoms with Crippen LogP contribution < -0.4 is 14.8 Å². The first-order valence-electron chi connectivity index (χ1n) is 13.7. The summed E-state index contributed by atoms with van der Waals surface area (Å²) in [6.45, 7) is 5.21. The van der Waals surface area contributed by atoms with E-state index in [4.69, 9.17) is 9.47 Å². The highest BCUT2D eigenvalue weighted by Gasteiger charge is 2.23. The van der Waals surface area contributed by atoms with Crippen LogP contribution in [0.1, 0.15) is 31.9 Å². The van der Waals surface area contributed by atoms with Gasteiger partial charge in [0.2, 0.25) is 5.91 Å². The van der Waals surface area contributed by atoms with Crippen LogP contribution >= 0.6 is 23.1 Å². The number of amides is 2. The second-order valence-electron chi connectivity index (χ2n) is 10.9. The van der Waals surface area contributed by atoms with Crippen molar-refractivity contribution in [2.45, 2.75) is 37.0 Å². The van der Waals surface area contributed by atoms with Gasteiger partial charge in [-0.2, -0.15) is 4.99 Å². The van der Waals surface area contributed by atoms with Crippen LogP contribution in [0.4, 0.5) is 5.69 Å². The van der Waals surface area contributed by atoms with Gasteiger partial charge in [0.25, 0.3) is 15.9 Å². The maximum absolute atomic E-state index is 12.6. The summed E-state index contributed by atoms with van der Waals surface area (Å²) in [5.74, 6) is -0.904. The number of thiophene rings is 1. The number of aliphatic imine (C=N–C) groups is 1. The number of fused-ring (bicyclic) bond motifs is 1. The fourth-order valence-corrected chi connectivity index (χ4v) is 7.03. The molecule has 0 saturated carbocycles. The Hall–Kier alpha value is -4.46. The summed E-state index contributed by atoms with van der Waals surface area (Å²) in [7, 11) is -3.88. The van der Waals surface area contributed by atoms with E-state index in [2.05, 4.69) is 15.0 Å². The molecule has 0 radical (unpaired) electrons. The zero-order valence-corrected chi connectivity index (χ0v) is 27.0. The topological polar surface area (TPSA) is 140 Å². The molecule has 0 unspecified atom stereocenters. The van der Waals surface area contributed by atoms with Crippen molar-refractivity contribution < 1.29 is 32.3 Å². The summed E-state index contributed by atoms with van der Waals surface area (Å²) in [5.41, 5.74) is 1.51. The van der Waals surface area contributed by atoms with Gasteiger partial charge in [0.1, 0.15) is 15.6 Å². The van der Waals surface area contributed by atoms with Crippen LogP contribution in [-0.4, -0.2) is 43.6 Å². The molecule has 232 valence electrons. The van der Waals surface area contributed by atoms with E-state index < -0.39 is 27.5 Å². The molecule has 0 saturated heterocycles. The van der Waals surface area contributed by atoms with Crippen LogP contribution in [0.25, 0.3) is 16.8 Å². The molecule has 2 heterocycles. The van der Waals surface area contributed by atoms with Crippen molar-refractivity contribution in [3.05, 3.63) is 94.2 Å². The molecule has 1 aliphatic heterocycles. The third-order valence-corrected chi connectivity index (χ3v) is 9.78. The molecule has 5 rings (SSSR count). The Bertz CT molecular complexity index is 1930. The first-order chi connectivity index (χ1) is 21.3. The monoisotopic (exact) mass is 663 g/mol. The normalized spacial score (nSPS) is 14.3. The zero-order chi connectivity index (χ0) is 32.2. The fourth-order valence-electron chi connectivity index (χ4n) is 4.22. The molecular weight excluding hydrogens is 635 g/mol. The summed E-state index contributed by atoms with van der Waals surface area (Å²) >= 11 is 2.24. The van der Waals surface area contributed by atoms with E-state index in [1.165, 1.54) is 17.8 Å². The van der Waals surface area contributed by atoms with E-state index in [0.29, 0.717) is 27.1 Å². The van der Waals surface area contributed by atoms with Gasteiger partial charge in [-0.3, -0.25) is 9.59 Å². The van der Waals surface area contributed by atoms with E-state index >= 15 is 0 Å². The Balaban J connectivity index is 1.15.